The predicted molar refractivity (Wildman–Crippen MR) is 105 cm³/mol. The molecule has 1 heterocycles. The van der Waals surface area contributed by atoms with Gasteiger partial charge in [-0.15, -0.1) is 11.3 Å². The molecule has 132 valence electrons. The maximum atomic E-state index is 12.4. The Morgan fingerprint density at radius 1 is 1.23 bits per heavy atom. The number of thiazole rings is 1. The number of aromatic nitrogens is 1. The highest BCUT2D eigenvalue weighted by Gasteiger charge is 2.26. The van der Waals surface area contributed by atoms with Gasteiger partial charge in [-0.05, 0) is 43.2 Å². The topological polar surface area (TPSA) is 51.2 Å². The van der Waals surface area contributed by atoms with Crippen molar-refractivity contribution in [2.45, 2.75) is 18.8 Å². The van der Waals surface area contributed by atoms with Crippen LogP contribution in [0.4, 0.5) is 5.69 Å². The monoisotopic (exact) mass is 384 g/mol. The van der Waals surface area contributed by atoms with E-state index in [9.17, 15) is 4.79 Å². The van der Waals surface area contributed by atoms with E-state index in [0.29, 0.717) is 27.9 Å². The summed E-state index contributed by atoms with van der Waals surface area (Å²) in [6.45, 7) is 0. The van der Waals surface area contributed by atoms with Crippen LogP contribution in [0.15, 0.2) is 47.8 Å². The quantitative estimate of drug-likeness (QED) is 0.622. The molecule has 0 radical (unpaired) electrons. The number of amides is 1. The summed E-state index contributed by atoms with van der Waals surface area (Å²) in [4.78, 5) is 17.1. The second-order valence-corrected chi connectivity index (χ2v) is 7.52. The fourth-order valence-corrected chi connectivity index (χ4v) is 3.94. The van der Waals surface area contributed by atoms with Gasteiger partial charge in [0.05, 0.1) is 22.8 Å². The molecule has 0 atom stereocenters. The fourth-order valence-electron chi connectivity index (χ4n) is 2.68. The standard InChI is InChI=1S/C20H17ClN2O2S/c1-25-18-9-8-15(10-16(18)21)22-19(24)13-4-2-12(3-5-13)17-11-26-20(23-17)14-6-7-14/h2-5,8-11,14H,6-7H2,1H3,(H,22,24). The minimum atomic E-state index is -0.185. The van der Waals surface area contributed by atoms with Crippen molar-refractivity contribution in [2.24, 2.45) is 0 Å². The number of hydrogen-bond acceptors (Lipinski definition) is 4. The molecule has 1 amide bonds. The number of carbonyl (C=O) groups is 1. The molecule has 0 saturated heterocycles. The summed E-state index contributed by atoms with van der Waals surface area (Å²) in [5.74, 6) is 1.05. The molecule has 1 aliphatic carbocycles. The van der Waals surface area contributed by atoms with E-state index in [1.807, 2.05) is 24.3 Å². The van der Waals surface area contributed by atoms with Gasteiger partial charge >= 0.3 is 0 Å². The molecule has 4 nitrogen and oxygen atoms in total. The third-order valence-corrected chi connectivity index (χ3v) is 5.60. The van der Waals surface area contributed by atoms with Crippen molar-refractivity contribution in [3.8, 4) is 17.0 Å². The Balaban J connectivity index is 1.47. The lowest BCUT2D eigenvalue weighted by atomic mass is 10.1. The Bertz CT molecular complexity index is 949. The SMILES string of the molecule is COc1ccc(NC(=O)c2ccc(-c3csc(C4CC4)n3)cc2)cc1Cl. The van der Waals surface area contributed by atoms with Crippen LogP contribution in [-0.4, -0.2) is 18.0 Å². The first-order valence-electron chi connectivity index (χ1n) is 8.35. The van der Waals surface area contributed by atoms with Gasteiger partial charge in [0.15, 0.2) is 0 Å². The zero-order valence-corrected chi connectivity index (χ0v) is 15.7. The summed E-state index contributed by atoms with van der Waals surface area (Å²) in [5.41, 5.74) is 3.21. The van der Waals surface area contributed by atoms with Crippen molar-refractivity contribution in [3.63, 3.8) is 0 Å². The molecule has 0 unspecified atom stereocenters. The van der Waals surface area contributed by atoms with E-state index in [2.05, 4.69) is 10.7 Å². The van der Waals surface area contributed by atoms with Gasteiger partial charge in [0.25, 0.3) is 5.91 Å². The number of benzene rings is 2. The average molecular weight is 385 g/mol. The van der Waals surface area contributed by atoms with E-state index in [-0.39, 0.29) is 5.91 Å². The summed E-state index contributed by atoms with van der Waals surface area (Å²) in [7, 11) is 1.55. The Kier molecular flexibility index (Phi) is 4.66. The maximum absolute atomic E-state index is 12.4. The summed E-state index contributed by atoms with van der Waals surface area (Å²) >= 11 is 7.81. The van der Waals surface area contributed by atoms with Crippen LogP contribution < -0.4 is 10.1 Å². The third-order valence-electron chi connectivity index (χ3n) is 4.30. The van der Waals surface area contributed by atoms with Gasteiger partial charge in [-0.1, -0.05) is 23.7 Å². The molecule has 26 heavy (non-hydrogen) atoms. The second kappa shape index (κ2) is 7.09. The van der Waals surface area contributed by atoms with Crippen molar-refractivity contribution in [1.82, 2.24) is 4.98 Å². The van der Waals surface area contributed by atoms with Crippen molar-refractivity contribution >= 4 is 34.5 Å². The zero-order valence-electron chi connectivity index (χ0n) is 14.2. The first-order chi connectivity index (χ1) is 12.6. The third kappa shape index (κ3) is 3.59. The molecule has 1 aliphatic rings. The lowest BCUT2D eigenvalue weighted by Gasteiger charge is -2.08. The average Bonchev–Trinajstić information content (AvgIpc) is 3.39. The minimum absolute atomic E-state index is 0.185. The van der Waals surface area contributed by atoms with Gasteiger partial charge in [0.1, 0.15) is 5.75 Å². The number of halogens is 1. The van der Waals surface area contributed by atoms with Crippen LogP contribution in [0.2, 0.25) is 5.02 Å². The van der Waals surface area contributed by atoms with E-state index in [1.165, 1.54) is 17.8 Å². The van der Waals surface area contributed by atoms with E-state index >= 15 is 0 Å². The summed E-state index contributed by atoms with van der Waals surface area (Å²) in [6, 6.07) is 12.6. The highest BCUT2D eigenvalue weighted by Crippen LogP contribution is 2.42. The van der Waals surface area contributed by atoms with Crippen LogP contribution in [0.1, 0.15) is 34.1 Å². The predicted octanol–water partition coefficient (Wildman–Crippen LogP) is 5.60. The van der Waals surface area contributed by atoms with Crippen LogP contribution in [0.3, 0.4) is 0 Å². The number of methoxy groups -OCH3 is 1. The lowest BCUT2D eigenvalue weighted by Crippen LogP contribution is -2.11. The molecule has 1 saturated carbocycles. The highest BCUT2D eigenvalue weighted by atomic mass is 35.5. The number of ether oxygens (including phenoxy) is 1. The molecule has 1 aromatic heterocycles. The molecule has 0 aliphatic heterocycles. The van der Waals surface area contributed by atoms with E-state index in [0.717, 1.165) is 11.3 Å². The molecule has 0 spiro atoms. The molecule has 3 aromatic rings. The minimum Gasteiger partial charge on any atom is -0.495 e. The van der Waals surface area contributed by atoms with Gasteiger partial charge in [0.2, 0.25) is 0 Å². The number of anilines is 1. The second-order valence-electron chi connectivity index (χ2n) is 6.23. The van der Waals surface area contributed by atoms with Crippen LogP contribution in [0.25, 0.3) is 11.3 Å². The highest BCUT2D eigenvalue weighted by molar-refractivity contribution is 7.10. The Morgan fingerprint density at radius 2 is 2.00 bits per heavy atom. The van der Waals surface area contributed by atoms with Crippen LogP contribution in [0, 0.1) is 0 Å². The normalized spacial score (nSPS) is 13.5. The van der Waals surface area contributed by atoms with E-state index < -0.39 is 0 Å². The Hall–Kier alpha value is -2.37. The van der Waals surface area contributed by atoms with Crippen molar-refractivity contribution in [1.29, 1.82) is 0 Å². The van der Waals surface area contributed by atoms with Crippen molar-refractivity contribution < 1.29 is 9.53 Å². The molecule has 1 fully saturated rings. The molecular formula is C20H17ClN2O2S. The maximum Gasteiger partial charge on any atom is 0.255 e. The van der Waals surface area contributed by atoms with Gasteiger partial charge in [0, 0.05) is 28.1 Å². The Labute approximate surface area is 160 Å². The smallest absolute Gasteiger partial charge is 0.255 e. The van der Waals surface area contributed by atoms with Crippen molar-refractivity contribution in [2.75, 3.05) is 12.4 Å². The largest absolute Gasteiger partial charge is 0.495 e. The first-order valence-corrected chi connectivity index (χ1v) is 9.60. The van der Waals surface area contributed by atoms with Crippen molar-refractivity contribution in [3.05, 3.63) is 63.4 Å². The number of carbonyl (C=O) groups excluding carboxylic acids is 1. The van der Waals surface area contributed by atoms with Crippen LogP contribution in [-0.2, 0) is 0 Å². The first kappa shape index (κ1) is 17.1. The molecule has 6 heteroatoms. The molecule has 0 bridgehead atoms. The molecule has 2 aromatic carbocycles. The number of rotatable bonds is 5. The summed E-state index contributed by atoms with van der Waals surface area (Å²) < 4.78 is 5.12. The van der Waals surface area contributed by atoms with Gasteiger partial charge in [-0.2, -0.15) is 0 Å². The summed E-state index contributed by atoms with van der Waals surface area (Å²) in [5, 5.41) is 6.60. The molecule has 1 N–H and O–H groups in total. The lowest BCUT2D eigenvalue weighted by molar-refractivity contribution is 0.102. The van der Waals surface area contributed by atoms with Gasteiger partial charge in [-0.25, -0.2) is 4.98 Å². The fraction of sp³-hybridized carbons (Fsp3) is 0.200. The zero-order chi connectivity index (χ0) is 18.1. The van der Waals surface area contributed by atoms with Crippen LogP contribution in [0.5, 0.6) is 5.75 Å². The molecule has 4 rings (SSSR count). The van der Waals surface area contributed by atoms with E-state index in [1.54, 1.807) is 36.6 Å². The number of nitrogens with zero attached hydrogens (tertiary/aromatic N) is 1. The number of hydrogen-bond donors (Lipinski definition) is 1. The van der Waals surface area contributed by atoms with Gasteiger partial charge < -0.3 is 10.1 Å². The Morgan fingerprint density at radius 3 is 2.65 bits per heavy atom. The molecular weight excluding hydrogens is 368 g/mol. The number of nitrogens with one attached hydrogen (secondary N) is 1. The van der Waals surface area contributed by atoms with E-state index in [4.69, 9.17) is 21.3 Å². The summed E-state index contributed by atoms with van der Waals surface area (Å²) in [6.07, 6.45) is 2.50. The van der Waals surface area contributed by atoms with Crippen LogP contribution >= 0.6 is 22.9 Å². The van der Waals surface area contributed by atoms with Gasteiger partial charge in [-0.3, -0.25) is 4.79 Å².